The van der Waals surface area contributed by atoms with E-state index in [0.29, 0.717) is 43.9 Å². The fraction of sp³-hybridized carbons (Fsp3) is 0.565. The van der Waals surface area contributed by atoms with E-state index in [1.54, 1.807) is 43.0 Å². The van der Waals surface area contributed by atoms with E-state index >= 15 is 0 Å². The first-order chi connectivity index (χ1) is 15.3. The standard InChI is InChI=1S/C23H32N2O7/c1-5-31-18-8-6-16(7-9-18)21(27)24-20(15(2)3)23(29)32-14-19(26)25-12-10-17(11-13-25)22(28)30-4/h6-9,15,17,20H,5,10-14H2,1-4H3,(H,24,27). The van der Waals surface area contributed by atoms with Crippen LogP contribution in [0.4, 0.5) is 0 Å². The molecule has 1 atom stereocenters. The van der Waals surface area contributed by atoms with Crippen molar-refractivity contribution < 1.29 is 33.4 Å². The lowest BCUT2D eigenvalue weighted by Gasteiger charge is -2.30. The van der Waals surface area contributed by atoms with Crippen LogP contribution in [0.25, 0.3) is 0 Å². The summed E-state index contributed by atoms with van der Waals surface area (Å²) in [6.45, 7) is 6.34. The van der Waals surface area contributed by atoms with Crippen LogP contribution >= 0.6 is 0 Å². The van der Waals surface area contributed by atoms with Crippen molar-refractivity contribution in [2.24, 2.45) is 11.8 Å². The first kappa shape index (κ1) is 25.2. The molecule has 1 unspecified atom stereocenters. The fourth-order valence-electron chi connectivity index (χ4n) is 3.44. The van der Waals surface area contributed by atoms with Gasteiger partial charge in [-0.05, 0) is 49.9 Å². The van der Waals surface area contributed by atoms with Crippen molar-refractivity contribution in [3.05, 3.63) is 29.8 Å². The minimum Gasteiger partial charge on any atom is -0.494 e. The van der Waals surface area contributed by atoms with E-state index in [4.69, 9.17) is 14.2 Å². The van der Waals surface area contributed by atoms with Gasteiger partial charge < -0.3 is 24.4 Å². The number of hydrogen-bond donors (Lipinski definition) is 1. The van der Waals surface area contributed by atoms with Crippen LogP contribution in [0.15, 0.2) is 24.3 Å². The Hall–Kier alpha value is -3.10. The van der Waals surface area contributed by atoms with E-state index < -0.39 is 24.5 Å². The van der Waals surface area contributed by atoms with Gasteiger partial charge in [0, 0.05) is 18.7 Å². The average molecular weight is 449 g/mol. The van der Waals surface area contributed by atoms with Crippen LogP contribution in [0.3, 0.4) is 0 Å². The van der Waals surface area contributed by atoms with Gasteiger partial charge in [0.2, 0.25) is 0 Å². The molecule has 1 aromatic carbocycles. The van der Waals surface area contributed by atoms with Crippen molar-refractivity contribution in [3.63, 3.8) is 0 Å². The number of nitrogens with one attached hydrogen (secondary N) is 1. The van der Waals surface area contributed by atoms with Crippen molar-refractivity contribution >= 4 is 23.8 Å². The Morgan fingerprint density at radius 3 is 2.25 bits per heavy atom. The molecule has 0 radical (unpaired) electrons. The first-order valence-corrected chi connectivity index (χ1v) is 10.8. The van der Waals surface area contributed by atoms with Crippen molar-refractivity contribution in [3.8, 4) is 5.75 Å². The Balaban J connectivity index is 1.87. The minimum absolute atomic E-state index is 0.213. The van der Waals surface area contributed by atoms with Crippen molar-refractivity contribution in [1.82, 2.24) is 10.2 Å². The number of hydrogen-bond acceptors (Lipinski definition) is 7. The largest absolute Gasteiger partial charge is 0.494 e. The van der Waals surface area contributed by atoms with Gasteiger partial charge in [0.25, 0.3) is 11.8 Å². The highest BCUT2D eigenvalue weighted by Crippen LogP contribution is 2.19. The normalized spacial score (nSPS) is 15.1. The number of benzene rings is 1. The number of esters is 2. The Bertz CT molecular complexity index is 799. The Labute approximate surface area is 188 Å². The molecule has 0 bridgehead atoms. The zero-order chi connectivity index (χ0) is 23.7. The summed E-state index contributed by atoms with van der Waals surface area (Å²) in [7, 11) is 1.35. The van der Waals surface area contributed by atoms with Crippen LogP contribution in [0, 0.1) is 11.8 Å². The summed E-state index contributed by atoms with van der Waals surface area (Å²) in [5, 5.41) is 2.68. The molecule has 2 amide bonds. The lowest BCUT2D eigenvalue weighted by Crippen LogP contribution is -2.47. The van der Waals surface area contributed by atoms with E-state index in [9.17, 15) is 19.2 Å². The summed E-state index contributed by atoms with van der Waals surface area (Å²) < 4.78 is 15.3. The number of piperidine rings is 1. The third kappa shape index (κ3) is 6.96. The summed E-state index contributed by atoms with van der Waals surface area (Å²) in [6, 6.07) is 5.70. The van der Waals surface area contributed by atoms with Crippen molar-refractivity contribution in [1.29, 1.82) is 0 Å². The van der Waals surface area contributed by atoms with Crippen LogP contribution in [0.5, 0.6) is 5.75 Å². The molecule has 1 saturated heterocycles. The predicted molar refractivity (Wildman–Crippen MR) is 116 cm³/mol. The molecular weight excluding hydrogens is 416 g/mol. The van der Waals surface area contributed by atoms with Gasteiger partial charge in [-0.3, -0.25) is 14.4 Å². The highest BCUT2D eigenvalue weighted by molar-refractivity contribution is 5.97. The van der Waals surface area contributed by atoms with Gasteiger partial charge in [0.05, 0.1) is 19.6 Å². The average Bonchev–Trinajstić information content (AvgIpc) is 2.80. The molecule has 0 aliphatic carbocycles. The molecule has 1 aromatic rings. The molecule has 1 aliphatic rings. The maximum atomic E-state index is 12.6. The number of carbonyl (C=O) groups excluding carboxylic acids is 4. The number of nitrogens with zero attached hydrogens (tertiary/aromatic N) is 1. The second kappa shape index (κ2) is 12.1. The number of ether oxygens (including phenoxy) is 3. The van der Waals surface area contributed by atoms with Gasteiger partial charge in [-0.1, -0.05) is 13.8 Å². The zero-order valence-corrected chi connectivity index (χ0v) is 19.1. The van der Waals surface area contributed by atoms with E-state index in [0.717, 1.165) is 0 Å². The molecule has 0 aromatic heterocycles. The summed E-state index contributed by atoms with van der Waals surface area (Å²) in [5.41, 5.74) is 0.386. The predicted octanol–water partition coefficient (Wildman–Crippen LogP) is 1.79. The Morgan fingerprint density at radius 1 is 1.09 bits per heavy atom. The number of carbonyl (C=O) groups is 4. The Kier molecular flexibility index (Phi) is 9.49. The number of methoxy groups -OCH3 is 1. The quantitative estimate of drug-likeness (QED) is 0.573. The number of likely N-dealkylation sites (tertiary alicyclic amines) is 1. The van der Waals surface area contributed by atoms with Crippen LogP contribution in [0.2, 0.25) is 0 Å². The van der Waals surface area contributed by atoms with Gasteiger partial charge in [-0.25, -0.2) is 4.79 Å². The lowest BCUT2D eigenvalue weighted by molar-refractivity contribution is -0.156. The number of rotatable bonds is 9. The van der Waals surface area contributed by atoms with Crippen molar-refractivity contribution in [2.75, 3.05) is 33.4 Å². The third-order valence-electron chi connectivity index (χ3n) is 5.35. The lowest BCUT2D eigenvalue weighted by atomic mass is 9.97. The molecule has 32 heavy (non-hydrogen) atoms. The molecule has 1 fully saturated rings. The van der Waals surface area contributed by atoms with Gasteiger partial charge in [0.15, 0.2) is 6.61 Å². The minimum atomic E-state index is -0.896. The highest BCUT2D eigenvalue weighted by Gasteiger charge is 2.30. The molecule has 176 valence electrons. The smallest absolute Gasteiger partial charge is 0.329 e. The van der Waals surface area contributed by atoms with Gasteiger partial charge in [-0.2, -0.15) is 0 Å². The molecule has 1 N–H and O–H groups in total. The summed E-state index contributed by atoms with van der Waals surface area (Å²) in [5.74, 6) is -1.49. The van der Waals surface area contributed by atoms with E-state index in [1.165, 1.54) is 7.11 Å². The third-order valence-corrected chi connectivity index (χ3v) is 5.35. The zero-order valence-electron chi connectivity index (χ0n) is 19.1. The van der Waals surface area contributed by atoms with Gasteiger partial charge >= 0.3 is 11.9 Å². The molecule has 0 saturated carbocycles. The van der Waals surface area contributed by atoms with E-state index in [1.807, 2.05) is 6.92 Å². The SMILES string of the molecule is CCOc1ccc(C(=O)NC(C(=O)OCC(=O)N2CCC(C(=O)OC)CC2)C(C)C)cc1. The van der Waals surface area contributed by atoms with E-state index in [-0.39, 0.29) is 23.7 Å². The van der Waals surface area contributed by atoms with Gasteiger partial charge in [0.1, 0.15) is 11.8 Å². The van der Waals surface area contributed by atoms with Crippen LogP contribution in [-0.4, -0.2) is 68.1 Å². The summed E-state index contributed by atoms with van der Waals surface area (Å²) in [6.07, 6.45) is 1.03. The molecule has 9 nitrogen and oxygen atoms in total. The maximum Gasteiger partial charge on any atom is 0.329 e. The maximum absolute atomic E-state index is 12.6. The first-order valence-electron chi connectivity index (χ1n) is 10.8. The highest BCUT2D eigenvalue weighted by atomic mass is 16.5. The monoisotopic (exact) mass is 448 g/mol. The molecule has 1 heterocycles. The molecule has 9 heteroatoms. The second-order valence-electron chi connectivity index (χ2n) is 7.94. The van der Waals surface area contributed by atoms with Gasteiger partial charge in [-0.15, -0.1) is 0 Å². The van der Waals surface area contributed by atoms with E-state index in [2.05, 4.69) is 5.32 Å². The second-order valence-corrected chi connectivity index (χ2v) is 7.94. The summed E-state index contributed by atoms with van der Waals surface area (Å²) in [4.78, 5) is 50.7. The fourth-order valence-corrected chi connectivity index (χ4v) is 3.44. The summed E-state index contributed by atoms with van der Waals surface area (Å²) >= 11 is 0. The molecule has 0 spiro atoms. The molecule has 2 rings (SSSR count). The van der Waals surface area contributed by atoms with Crippen LogP contribution < -0.4 is 10.1 Å². The topological polar surface area (TPSA) is 111 Å². The Morgan fingerprint density at radius 2 is 1.72 bits per heavy atom. The number of amides is 2. The molecule has 1 aliphatic heterocycles. The molecular formula is C23H32N2O7. The van der Waals surface area contributed by atoms with Crippen molar-refractivity contribution in [2.45, 2.75) is 39.7 Å². The van der Waals surface area contributed by atoms with Crippen LogP contribution in [-0.2, 0) is 23.9 Å². The van der Waals surface area contributed by atoms with Crippen LogP contribution in [0.1, 0.15) is 44.0 Å².